The van der Waals surface area contributed by atoms with Gasteiger partial charge in [0.15, 0.2) is 12.2 Å². The number of nitrogens with zero attached hydrogens (tertiary/aromatic N) is 2. The highest BCUT2D eigenvalue weighted by atomic mass is 35.5. The molecule has 0 aliphatic carbocycles. The largest absolute Gasteiger partial charge is 0.490 e. The van der Waals surface area contributed by atoms with E-state index in [2.05, 4.69) is 10.3 Å². The Labute approximate surface area is 180 Å². The molecule has 0 radical (unpaired) electrons. The molecule has 8 heteroatoms. The van der Waals surface area contributed by atoms with E-state index in [0.29, 0.717) is 43.9 Å². The van der Waals surface area contributed by atoms with E-state index in [9.17, 15) is 0 Å². The van der Waals surface area contributed by atoms with Gasteiger partial charge in [0.05, 0.1) is 12.3 Å². The molecule has 2 aromatic rings. The van der Waals surface area contributed by atoms with Crippen molar-refractivity contribution in [2.24, 2.45) is 4.99 Å². The summed E-state index contributed by atoms with van der Waals surface area (Å²) >= 11 is 11.9. The first-order chi connectivity index (χ1) is 14.1. The third-order valence-corrected chi connectivity index (χ3v) is 4.58. The molecule has 0 bridgehead atoms. The third kappa shape index (κ3) is 6.85. The first-order valence-electron chi connectivity index (χ1n) is 9.14. The van der Waals surface area contributed by atoms with E-state index >= 15 is 0 Å². The number of nitrogens with one attached hydrogen (secondary N) is 1. The van der Waals surface area contributed by atoms with Crippen LogP contribution in [0.1, 0.15) is 5.56 Å². The third-order valence-electron chi connectivity index (χ3n) is 4.10. The molecule has 0 amide bonds. The van der Waals surface area contributed by atoms with Crippen LogP contribution in [0.4, 0.5) is 0 Å². The molecule has 2 aromatic carbocycles. The summed E-state index contributed by atoms with van der Waals surface area (Å²) in [6, 6.07) is 14.9. The van der Waals surface area contributed by atoms with E-state index in [0.717, 1.165) is 22.1 Å². The normalized spacial score (nSPS) is 14.4. The number of hydrogen-bond donors (Lipinski definition) is 1. The van der Waals surface area contributed by atoms with E-state index in [-0.39, 0.29) is 0 Å². The van der Waals surface area contributed by atoms with Crippen molar-refractivity contribution in [3.63, 3.8) is 0 Å². The van der Waals surface area contributed by atoms with Crippen LogP contribution in [0.2, 0.25) is 10.0 Å². The minimum Gasteiger partial charge on any atom is -0.490 e. The molecule has 154 valence electrons. The average Bonchev–Trinajstić information content (AvgIpc) is 2.71. The number of rotatable bonds is 9. The van der Waals surface area contributed by atoms with Gasteiger partial charge in [-0.25, -0.2) is 4.99 Å². The van der Waals surface area contributed by atoms with Crippen LogP contribution in [-0.4, -0.2) is 44.9 Å². The molecule has 0 spiro atoms. The van der Waals surface area contributed by atoms with Crippen molar-refractivity contribution in [1.29, 1.82) is 0 Å². The van der Waals surface area contributed by atoms with Crippen LogP contribution >= 0.6 is 23.2 Å². The van der Waals surface area contributed by atoms with Gasteiger partial charge in [-0.2, -0.15) is 0 Å². The first-order valence-corrected chi connectivity index (χ1v) is 9.90. The molecule has 0 aromatic heterocycles. The fourth-order valence-corrected chi connectivity index (χ4v) is 2.97. The fraction of sp³-hybridized carbons (Fsp3) is 0.286. The molecule has 6 nitrogen and oxygen atoms in total. The predicted octanol–water partition coefficient (Wildman–Crippen LogP) is 4.30. The molecule has 29 heavy (non-hydrogen) atoms. The molecule has 0 atom stereocenters. The van der Waals surface area contributed by atoms with Crippen molar-refractivity contribution in [3.05, 3.63) is 75.7 Å². The quantitative estimate of drug-likeness (QED) is 0.361. The van der Waals surface area contributed by atoms with Crippen molar-refractivity contribution in [1.82, 2.24) is 10.2 Å². The molecule has 1 heterocycles. The molecule has 0 saturated heterocycles. The molecular formula is C21H23Cl2N3O3. The van der Waals surface area contributed by atoms with Crippen molar-refractivity contribution in [2.75, 3.05) is 33.6 Å². The molecular weight excluding hydrogens is 413 g/mol. The SMILES string of the molecule is CN1COCC(NCc2ccc(Cl)cc2)=C1/N=C/OCCOc1cccc(Cl)c1. The highest BCUT2D eigenvalue weighted by molar-refractivity contribution is 6.30. The lowest BCUT2D eigenvalue weighted by atomic mass is 10.2. The van der Waals surface area contributed by atoms with Crippen LogP contribution in [0, 0.1) is 0 Å². The Hall–Kier alpha value is -2.41. The van der Waals surface area contributed by atoms with Crippen LogP contribution in [0.5, 0.6) is 5.75 Å². The van der Waals surface area contributed by atoms with Gasteiger partial charge in [0.2, 0.25) is 0 Å². The van der Waals surface area contributed by atoms with Gasteiger partial charge in [0.1, 0.15) is 25.7 Å². The molecule has 0 saturated carbocycles. The molecule has 1 N–H and O–H groups in total. The zero-order valence-electron chi connectivity index (χ0n) is 16.1. The molecule has 0 fully saturated rings. The van der Waals surface area contributed by atoms with E-state index < -0.39 is 0 Å². The Bertz CT molecular complexity index is 857. The topological polar surface area (TPSA) is 55.3 Å². The Morgan fingerprint density at radius 2 is 1.97 bits per heavy atom. The summed E-state index contributed by atoms with van der Waals surface area (Å²) < 4.78 is 16.6. The Morgan fingerprint density at radius 3 is 2.76 bits per heavy atom. The van der Waals surface area contributed by atoms with Crippen LogP contribution in [-0.2, 0) is 16.0 Å². The Balaban J connectivity index is 1.50. The van der Waals surface area contributed by atoms with Gasteiger partial charge in [0, 0.05) is 23.6 Å². The minimum atomic E-state index is 0.372. The van der Waals surface area contributed by atoms with Crippen LogP contribution in [0.15, 0.2) is 65.0 Å². The summed E-state index contributed by atoms with van der Waals surface area (Å²) in [5.41, 5.74) is 2.01. The van der Waals surface area contributed by atoms with E-state index in [1.165, 1.54) is 6.40 Å². The van der Waals surface area contributed by atoms with Crippen LogP contribution in [0.25, 0.3) is 0 Å². The summed E-state index contributed by atoms with van der Waals surface area (Å²) in [7, 11) is 1.91. The van der Waals surface area contributed by atoms with Crippen LogP contribution < -0.4 is 10.1 Å². The van der Waals surface area contributed by atoms with Crippen LogP contribution in [0.3, 0.4) is 0 Å². The lowest BCUT2D eigenvalue weighted by molar-refractivity contribution is 0.0493. The number of aliphatic imine (C=N–C) groups is 1. The Morgan fingerprint density at radius 1 is 1.14 bits per heavy atom. The maximum Gasteiger partial charge on any atom is 0.176 e. The summed E-state index contributed by atoms with van der Waals surface area (Å²) in [6.07, 6.45) is 1.43. The predicted molar refractivity (Wildman–Crippen MR) is 115 cm³/mol. The second-order valence-corrected chi connectivity index (χ2v) is 7.24. The van der Waals surface area contributed by atoms with Gasteiger partial charge < -0.3 is 24.4 Å². The van der Waals surface area contributed by atoms with Gasteiger partial charge in [-0.1, -0.05) is 41.4 Å². The number of halogens is 2. The van der Waals surface area contributed by atoms with E-state index in [1.54, 1.807) is 12.1 Å². The molecule has 0 unspecified atom stereocenters. The van der Waals surface area contributed by atoms with Gasteiger partial charge >= 0.3 is 0 Å². The summed E-state index contributed by atoms with van der Waals surface area (Å²) in [6.45, 7) is 2.35. The van der Waals surface area contributed by atoms with Crippen molar-refractivity contribution in [3.8, 4) is 5.75 Å². The Kier molecular flexibility index (Phi) is 8.04. The van der Waals surface area contributed by atoms with Gasteiger partial charge in [-0.3, -0.25) is 0 Å². The zero-order valence-corrected chi connectivity index (χ0v) is 17.6. The highest BCUT2D eigenvalue weighted by Crippen LogP contribution is 2.17. The van der Waals surface area contributed by atoms with Crippen molar-refractivity contribution >= 4 is 29.6 Å². The fourth-order valence-electron chi connectivity index (χ4n) is 2.66. The van der Waals surface area contributed by atoms with Gasteiger partial charge in [0.25, 0.3) is 0 Å². The smallest absolute Gasteiger partial charge is 0.176 e. The molecule has 1 aliphatic heterocycles. The monoisotopic (exact) mass is 435 g/mol. The number of ether oxygens (including phenoxy) is 3. The van der Waals surface area contributed by atoms with Gasteiger partial charge in [-0.15, -0.1) is 0 Å². The standard InChI is InChI=1S/C21H23Cl2N3O3/c1-26-15-28-13-20(24-12-16-5-7-17(22)8-6-16)21(26)25-14-27-9-10-29-19-4-2-3-18(23)11-19/h2-8,11,14,24H,9-10,12-13,15H2,1H3/b25-14+. The maximum absolute atomic E-state index is 5.93. The zero-order chi connectivity index (χ0) is 20.5. The average molecular weight is 436 g/mol. The van der Waals surface area contributed by atoms with Crippen molar-refractivity contribution in [2.45, 2.75) is 6.54 Å². The van der Waals surface area contributed by atoms with Gasteiger partial charge in [-0.05, 0) is 35.9 Å². The number of benzene rings is 2. The van der Waals surface area contributed by atoms with E-state index in [1.807, 2.05) is 48.3 Å². The second kappa shape index (κ2) is 11.0. The summed E-state index contributed by atoms with van der Waals surface area (Å²) in [4.78, 5) is 6.36. The van der Waals surface area contributed by atoms with Crippen molar-refractivity contribution < 1.29 is 14.2 Å². The highest BCUT2D eigenvalue weighted by Gasteiger charge is 2.16. The first kappa shape index (κ1) is 21.3. The maximum atomic E-state index is 5.93. The lowest BCUT2D eigenvalue weighted by Crippen LogP contribution is -2.33. The summed E-state index contributed by atoms with van der Waals surface area (Å²) in [5, 5.41) is 4.74. The molecule has 3 rings (SSSR count). The van der Waals surface area contributed by atoms with E-state index in [4.69, 9.17) is 37.4 Å². The number of hydrogen-bond acceptors (Lipinski definition) is 6. The lowest BCUT2D eigenvalue weighted by Gasteiger charge is -2.28. The summed E-state index contributed by atoms with van der Waals surface area (Å²) in [5.74, 6) is 1.49. The molecule has 1 aliphatic rings. The minimum absolute atomic E-state index is 0.372. The second-order valence-electron chi connectivity index (χ2n) is 6.37.